The normalized spacial score (nSPS) is 20.0. The molecule has 19 heavy (non-hydrogen) atoms. The number of likely N-dealkylation sites (tertiary alicyclic amines) is 1. The molecule has 0 saturated carbocycles. The molecule has 0 aliphatic carbocycles. The third-order valence-electron chi connectivity index (χ3n) is 3.61. The first-order valence-corrected chi connectivity index (χ1v) is 8.07. The molecule has 4 heteroatoms. The molecule has 0 amide bonds. The highest BCUT2D eigenvalue weighted by molar-refractivity contribution is 9.11. The van der Waals surface area contributed by atoms with Crippen LogP contribution >= 0.6 is 27.3 Å². The molecule has 100 valence electrons. The summed E-state index contributed by atoms with van der Waals surface area (Å²) in [5.74, 6) is -0.157. The van der Waals surface area contributed by atoms with Crippen molar-refractivity contribution in [3.63, 3.8) is 0 Å². The third-order valence-corrected chi connectivity index (χ3v) is 5.21. The molecule has 3 rings (SSSR count). The molecule has 1 aromatic carbocycles. The zero-order valence-corrected chi connectivity index (χ0v) is 12.9. The van der Waals surface area contributed by atoms with Gasteiger partial charge in [-0.1, -0.05) is 12.1 Å². The van der Waals surface area contributed by atoms with Gasteiger partial charge >= 0.3 is 0 Å². The van der Waals surface area contributed by atoms with Crippen LogP contribution in [0, 0.1) is 5.82 Å². The first-order chi connectivity index (χ1) is 9.22. The van der Waals surface area contributed by atoms with Crippen molar-refractivity contribution in [3.05, 3.63) is 56.4 Å². The van der Waals surface area contributed by atoms with E-state index in [2.05, 4.69) is 33.0 Å². The van der Waals surface area contributed by atoms with Crippen LogP contribution in [-0.2, 0) is 6.54 Å². The Hall–Kier alpha value is -0.710. The van der Waals surface area contributed by atoms with Crippen LogP contribution in [0.15, 0.2) is 40.2 Å². The number of thiophene rings is 1. The van der Waals surface area contributed by atoms with E-state index in [1.165, 1.54) is 20.6 Å². The number of benzene rings is 1. The van der Waals surface area contributed by atoms with Gasteiger partial charge in [0, 0.05) is 17.5 Å². The Morgan fingerprint density at radius 3 is 2.68 bits per heavy atom. The van der Waals surface area contributed by atoms with Crippen LogP contribution in [0.2, 0.25) is 0 Å². The quantitative estimate of drug-likeness (QED) is 0.761. The maximum Gasteiger partial charge on any atom is 0.123 e. The molecule has 0 unspecified atom stereocenters. The lowest BCUT2D eigenvalue weighted by Gasteiger charge is -2.24. The van der Waals surface area contributed by atoms with Crippen LogP contribution in [-0.4, -0.2) is 11.4 Å². The highest BCUT2D eigenvalue weighted by Crippen LogP contribution is 2.34. The number of nitrogens with zero attached hydrogens (tertiary/aromatic N) is 1. The number of hydrogen-bond donors (Lipinski definition) is 0. The Morgan fingerprint density at radius 1 is 1.21 bits per heavy atom. The highest BCUT2D eigenvalue weighted by Gasteiger charge is 2.26. The summed E-state index contributed by atoms with van der Waals surface area (Å²) in [5, 5.41) is 0. The van der Waals surface area contributed by atoms with Gasteiger partial charge in [0.25, 0.3) is 0 Å². The standard InChI is InChI=1S/C15H15BrFNS/c16-15-8-7-13(19-15)10-18-9-1-2-14(18)11-3-5-12(17)6-4-11/h3-8,14H,1-2,9-10H2/t14-/m0/s1. The van der Waals surface area contributed by atoms with Crippen molar-refractivity contribution in [1.82, 2.24) is 4.90 Å². The molecule has 1 aromatic heterocycles. The zero-order chi connectivity index (χ0) is 13.2. The van der Waals surface area contributed by atoms with Crippen LogP contribution in [0.3, 0.4) is 0 Å². The molecule has 1 fully saturated rings. The average Bonchev–Trinajstić information content (AvgIpc) is 3.00. The minimum absolute atomic E-state index is 0.157. The van der Waals surface area contributed by atoms with Crippen molar-refractivity contribution in [2.24, 2.45) is 0 Å². The fourth-order valence-corrected chi connectivity index (χ4v) is 4.22. The van der Waals surface area contributed by atoms with E-state index < -0.39 is 0 Å². The van der Waals surface area contributed by atoms with Gasteiger partial charge in [-0.25, -0.2) is 4.39 Å². The molecule has 1 saturated heterocycles. The maximum atomic E-state index is 13.0. The fourth-order valence-electron chi connectivity index (χ4n) is 2.71. The van der Waals surface area contributed by atoms with Gasteiger partial charge in [-0.15, -0.1) is 11.3 Å². The molecule has 0 spiro atoms. The summed E-state index contributed by atoms with van der Waals surface area (Å²) < 4.78 is 14.2. The number of hydrogen-bond acceptors (Lipinski definition) is 2. The fraction of sp³-hybridized carbons (Fsp3) is 0.333. The topological polar surface area (TPSA) is 3.24 Å². The van der Waals surface area contributed by atoms with Crippen molar-refractivity contribution >= 4 is 27.3 Å². The lowest BCUT2D eigenvalue weighted by molar-refractivity contribution is 0.250. The Balaban J connectivity index is 1.76. The molecule has 0 bridgehead atoms. The first kappa shape index (κ1) is 13.3. The van der Waals surface area contributed by atoms with E-state index in [4.69, 9.17) is 0 Å². The molecule has 0 radical (unpaired) electrons. The van der Waals surface area contributed by atoms with Crippen molar-refractivity contribution in [2.75, 3.05) is 6.54 Å². The summed E-state index contributed by atoms with van der Waals surface area (Å²) in [6.45, 7) is 2.11. The molecule has 1 atom stereocenters. The van der Waals surface area contributed by atoms with Crippen molar-refractivity contribution in [2.45, 2.75) is 25.4 Å². The molecule has 2 aromatic rings. The molecule has 1 aliphatic heterocycles. The predicted molar refractivity (Wildman–Crippen MR) is 80.8 cm³/mol. The molecular formula is C15H15BrFNS. The van der Waals surface area contributed by atoms with Crippen LogP contribution in [0.4, 0.5) is 4.39 Å². The Morgan fingerprint density at radius 2 is 2.00 bits per heavy atom. The average molecular weight is 340 g/mol. The van der Waals surface area contributed by atoms with Crippen molar-refractivity contribution < 1.29 is 4.39 Å². The summed E-state index contributed by atoms with van der Waals surface area (Å²) in [6, 6.07) is 11.7. The third kappa shape index (κ3) is 3.07. The first-order valence-electron chi connectivity index (χ1n) is 6.46. The van der Waals surface area contributed by atoms with Gasteiger partial charge in [-0.2, -0.15) is 0 Å². The Kier molecular flexibility index (Phi) is 4.01. The maximum absolute atomic E-state index is 13.0. The lowest BCUT2D eigenvalue weighted by Crippen LogP contribution is -2.22. The van der Waals surface area contributed by atoms with Gasteiger partial charge in [0.1, 0.15) is 5.82 Å². The SMILES string of the molecule is Fc1ccc([C@@H]2CCCN2Cc2ccc(Br)s2)cc1. The summed E-state index contributed by atoms with van der Waals surface area (Å²) >= 11 is 5.30. The lowest BCUT2D eigenvalue weighted by atomic mass is 10.0. The van der Waals surface area contributed by atoms with Gasteiger partial charge in [0.2, 0.25) is 0 Å². The second-order valence-corrected chi connectivity index (χ2v) is 7.43. The van der Waals surface area contributed by atoms with E-state index in [0.29, 0.717) is 6.04 Å². The monoisotopic (exact) mass is 339 g/mol. The molecule has 0 N–H and O–H groups in total. The van der Waals surface area contributed by atoms with Crippen LogP contribution in [0.5, 0.6) is 0 Å². The summed E-state index contributed by atoms with van der Waals surface area (Å²) in [4.78, 5) is 3.87. The van der Waals surface area contributed by atoms with Gasteiger partial charge in [0.15, 0.2) is 0 Å². The van der Waals surface area contributed by atoms with E-state index in [9.17, 15) is 4.39 Å². The predicted octanol–water partition coefficient (Wildman–Crippen LogP) is 4.99. The van der Waals surface area contributed by atoms with E-state index in [-0.39, 0.29) is 5.82 Å². The van der Waals surface area contributed by atoms with E-state index in [1.54, 1.807) is 23.5 Å². The molecule has 1 aliphatic rings. The van der Waals surface area contributed by atoms with Gasteiger partial charge in [-0.05, 0) is 65.1 Å². The van der Waals surface area contributed by atoms with Crippen LogP contribution in [0.1, 0.15) is 29.3 Å². The molecular weight excluding hydrogens is 325 g/mol. The van der Waals surface area contributed by atoms with Crippen molar-refractivity contribution in [1.29, 1.82) is 0 Å². The minimum atomic E-state index is -0.157. The second-order valence-electron chi connectivity index (χ2n) is 4.89. The van der Waals surface area contributed by atoms with E-state index in [0.717, 1.165) is 19.5 Å². The Bertz CT molecular complexity index is 552. The van der Waals surface area contributed by atoms with Crippen LogP contribution in [0.25, 0.3) is 0 Å². The zero-order valence-electron chi connectivity index (χ0n) is 10.5. The minimum Gasteiger partial charge on any atom is -0.291 e. The largest absolute Gasteiger partial charge is 0.291 e. The molecule has 2 heterocycles. The Labute approximate surface area is 125 Å². The number of halogens is 2. The summed E-state index contributed by atoms with van der Waals surface area (Å²) in [7, 11) is 0. The van der Waals surface area contributed by atoms with Gasteiger partial charge < -0.3 is 0 Å². The van der Waals surface area contributed by atoms with Crippen molar-refractivity contribution in [3.8, 4) is 0 Å². The van der Waals surface area contributed by atoms with Gasteiger partial charge in [0.05, 0.1) is 3.79 Å². The summed E-state index contributed by atoms with van der Waals surface area (Å²) in [6.07, 6.45) is 2.38. The van der Waals surface area contributed by atoms with E-state index >= 15 is 0 Å². The highest BCUT2D eigenvalue weighted by atomic mass is 79.9. The second kappa shape index (κ2) is 5.73. The van der Waals surface area contributed by atoms with Gasteiger partial charge in [-0.3, -0.25) is 4.90 Å². The summed E-state index contributed by atoms with van der Waals surface area (Å²) in [5.41, 5.74) is 1.23. The smallest absolute Gasteiger partial charge is 0.123 e. The number of rotatable bonds is 3. The van der Waals surface area contributed by atoms with E-state index in [1.807, 2.05) is 12.1 Å². The van der Waals surface area contributed by atoms with Crippen LogP contribution < -0.4 is 0 Å². The molecule has 1 nitrogen and oxygen atoms in total.